The average Bonchev–Trinajstić information content (AvgIpc) is 2.37. The van der Waals surface area contributed by atoms with Gasteiger partial charge < -0.3 is 10.1 Å². The molecule has 2 aromatic rings. The highest BCUT2D eigenvalue weighted by atomic mass is 79.9. The lowest BCUT2D eigenvalue weighted by Crippen LogP contribution is -2.03. The molecule has 3 nitrogen and oxygen atoms in total. The molecule has 18 heavy (non-hydrogen) atoms. The number of nitrogens with one attached hydrogen (secondary N) is 1. The summed E-state index contributed by atoms with van der Waals surface area (Å²) in [6.07, 6.45) is 1.74. The summed E-state index contributed by atoms with van der Waals surface area (Å²) in [5, 5.41) is 3.89. The van der Waals surface area contributed by atoms with E-state index in [1.54, 1.807) is 13.3 Å². The summed E-state index contributed by atoms with van der Waals surface area (Å²) in [7, 11) is 1.64. The van der Waals surface area contributed by atoms with Crippen LogP contribution in [0.4, 0.5) is 5.82 Å². The Bertz CT molecular complexity index is 534. The number of benzene rings is 1. The Kier molecular flexibility index (Phi) is 4.44. The number of methoxy groups -OCH3 is 1. The molecule has 0 bridgehead atoms. The standard InChI is InChI=1S/C13H12BrClN2O/c1-18-13-9(6-10(15)7-11(13)14)8-17-12-4-2-3-5-16-12/h2-7H,8H2,1H3,(H,16,17). The molecule has 0 saturated carbocycles. The molecular weight excluding hydrogens is 316 g/mol. The van der Waals surface area contributed by atoms with E-state index < -0.39 is 0 Å². The van der Waals surface area contributed by atoms with Crippen molar-refractivity contribution in [1.82, 2.24) is 4.98 Å². The highest BCUT2D eigenvalue weighted by molar-refractivity contribution is 9.10. The Balaban J connectivity index is 2.18. The summed E-state index contributed by atoms with van der Waals surface area (Å²) in [6, 6.07) is 9.40. The molecule has 1 heterocycles. The van der Waals surface area contributed by atoms with E-state index in [9.17, 15) is 0 Å². The Hall–Kier alpha value is -1.26. The molecule has 0 aliphatic rings. The van der Waals surface area contributed by atoms with Crippen LogP contribution in [-0.4, -0.2) is 12.1 Å². The molecule has 0 amide bonds. The van der Waals surface area contributed by atoms with Gasteiger partial charge in [0.15, 0.2) is 0 Å². The normalized spacial score (nSPS) is 10.2. The molecule has 0 saturated heterocycles. The number of aromatic nitrogens is 1. The summed E-state index contributed by atoms with van der Waals surface area (Å²) in [5.41, 5.74) is 0.975. The summed E-state index contributed by atoms with van der Waals surface area (Å²) in [5.74, 6) is 1.60. The Morgan fingerprint density at radius 2 is 2.22 bits per heavy atom. The molecule has 0 aliphatic heterocycles. The van der Waals surface area contributed by atoms with Crippen molar-refractivity contribution < 1.29 is 4.74 Å². The number of ether oxygens (including phenoxy) is 1. The molecule has 0 aliphatic carbocycles. The minimum absolute atomic E-state index is 0.597. The van der Waals surface area contributed by atoms with Crippen LogP contribution in [0.2, 0.25) is 5.02 Å². The Labute approximate surface area is 119 Å². The van der Waals surface area contributed by atoms with Crippen LogP contribution in [0.3, 0.4) is 0 Å². The van der Waals surface area contributed by atoms with Gasteiger partial charge in [0.1, 0.15) is 11.6 Å². The molecule has 1 aromatic carbocycles. The molecule has 2 rings (SSSR count). The van der Waals surface area contributed by atoms with Gasteiger partial charge in [-0.15, -0.1) is 0 Å². The van der Waals surface area contributed by atoms with Crippen LogP contribution >= 0.6 is 27.5 Å². The van der Waals surface area contributed by atoms with Crippen LogP contribution in [0, 0.1) is 0 Å². The molecule has 5 heteroatoms. The second-order valence-electron chi connectivity index (χ2n) is 3.65. The molecule has 0 spiro atoms. The number of hydrogen-bond acceptors (Lipinski definition) is 3. The molecule has 0 radical (unpaired) electrons. The first-order valence-electron chi connectivity index (χ1n) is 5.37. The monoisotopic (exact) mass is 326 g/mol. The smallest absolute Gasteiger partial charge is 0.138 e. The molecule has 0 fully saturated rings. The van der Waals surface area contributed by atoms with Crippen molar-refractivity contribution in [2.45, 2.75) is 6.54 Å². The zero-order valence-electron chi connectivity index (χ0n) is 9.78. The average molecular weight is 328 g/mol. The van der Waals surface area contributed by atoms with E-state index in [4.69, 9.17) is 16.3 Å². The van der Waals surface area contributed by atoms with Crippen LogP contribution in [0.5, 0.6) is 5.75 Å². The fraction of sp³-hybridized carbons (Fsp3) is 0.154. The van der Waals surface area contributed by atoms with Crippen molar-refractivity contribution in [1.29, 1.82) is 0 Å². The molecule has 1 N–H and O–H groups in total. The SMILES string of the molecule is COc1c(Br)cc(Cl)cc1CNc1ccccn1. The van der Waals surface area contributed by atoms with Gasteiger partial charge in [0.05, 0.1) is 11.6 Å². The molecule has 0 unspecified atom stereocenters. The van der Waals surface area contributed by atoms with Gasteiger partial charge in [0.25, 0.3) is 0 Å². The third kappa shape index (κ3) is 3.15. The second-order valence-corrected chi connectivity index (χ2v) is 4.94. The van der Waals surface area contributed by atoms with E-state index in [-0.39, 0.29) is 0 Å². The van der Waals surface area contributed by atoms with Gasteiger partial charge in [0, 0.05) is 23.3 Å². The third-order valence-electron chi connectivity index (χ3n) is 2.41. The molecule has 1 aromatic heterocycles. The summed E-state index contributed by atoms with van der Waals surface area (Å²) >= 11 is 9.46. The third-order valence-corrected chi connectivity index (χ3v) is 3.22. The highest BCUT2D eigenvalue weighted by Crippen LogP contribution is 2.32. The summed E-state index contributed by atoms with van der Waals surface area (Å²) in [4.78, 5) is 4.20. The van der Waals surface area contributed by atoms with E-state index >= 15 is 0 Å². The van der Waals surface area contributed by atoms with E-state index in [0.29, 0.717) is 11.6 Å². The van der Waals surface area contributed by atoms with Gasteiger partial charge in [-0.25, -0.2) is 4.98 Å². The van der Waals surface area contributed by atoms with Gasteiger partial charge in [0.2, 0.25) is 0 Å². The number of hydrogen-bond donors (Lipinski definition) is 1. The topological polar surface area (TPSA) is 34.1 Å². The van der Waals surface area contributed by atoms with Crippen LogP contribution in [0.15, 0.2) is 41.0 Å². The largest absolute Gasteiger partial charge is 0.495 e. The van der Waals surface area contributed by atoms with Crippen molar-refractivity contribution in [2.75, 3.05) is 12.4 Å². The zero-order valence-corrected chi connectivity index (χ0v) is 12.1. The van der Waals surface area contributed by atoms with Crippen LogP contribution in [-0.2, 0) is 6.54 Å². The van der Waals surface area contributed by atoms with Gasteiger partial charge in [-0.05, 0) is 40.2 Å². The molecule has 94 valence electrons. The Morgan fingerprint density at radius 1 is 1.39 bits per heavy atom. The van der Waals surface area contributed by atoms with E-state index in [1.165, 1.54) is 0 Å². The van der Waals surface area contributed by atoms with Gasteiger partial charge in [-0.1, -0.05) is 17.7 Å². The van der Waals surface area contributed by atoms with Crippen LogP contribution in [0.25, 0.3) is 0 Å². The number of rotatable bonds is 4. The van der Waals surface area contributed by atoms with E-state index in [1.807, 2.05) is 30.3 Å². The lowest BCUT2D eigenvalue weighted by molar-refractivity contribution is 0.407. The first kappa shape index (κ1) is 13.2. The fourth-order valence-corrected chi connectivity index (χ4v) is 2.66. The van der Waals surface area contributed by atoms with E-state index in [2.05, 4.69) is 26.2 Å². The van der Waals surface area contributed by atoms with Crippen LogP contribution in [0.1, 0.15) is 5.56 Å². The number of halogens is 2. The highest BCUT2D eigenvalue weighted by Gasteiger charge is 2.09. The first-order valence-corrected chi connectivity index (χ1v) is 6.54. The van der Waals surface area contributed by atoms with Crippen molar-refractivity contribution in [3.05, 3.63) is 51.6 Å². The van der Waals surface area contributed by atoms with Crippen molar-refractivity contribution in [2.24, 2.45) is 0 Å². The lowest BCUT2D eigenvalue weighted by atomic mass is 10.2. The molecule has 0 atom stereocenters. The predicted octanol–water partition coefficient (Wildman–Crippen LogP) is 4.12. The van der Waals surface area contributed by atoms with Crippen molar-refractivity contribution >= 4 is 33.3 Å². The quantitative estimate of drug-likeness (QED) is 0.917. The lowest BCUT2D eigenvalue weighted by Gasteiger charge is -2.12. The van der Waals surface area contributed by atoms with Crippen molar-refractivity contribution in [3.8, 4) is 5.75 Å². The minimum Gasteiger partial charge on any atom is -0.495 e. The first-order chi connectivity index (χ1) is 8.70. The summed E-state index contributed by atoms with van der Waals surface area (Å²) < 4.78 is 6.20. The second kappa shape index (κ2) is 6.07. The molecular formula is C13H12BrClN2O. The maximum Gasteiger partial charge on any atom is 0.138 e. The Morgan fingerprint density at radius 3 is 2.89 bits per heavy atom. The van der Waals surface area contributed by atoms with E-state index in [0.717, 1.165) is 21.6 Å². The minimum atomic E-state index is 0.597. The fourth-order valence-electron chi connectivity index (χ4n) is 1.63. The summed E-state index contributed by atoms with van der Waals surface area (Å²) in [6.45, 7) is 0.597. The van der Waals surface area contributed by atoms with Crippen LogP contribution < -0.4 is 10.1 Å². The maximum absolute atomic E-state index is 6.03. The number of nitrogens with zero attached hydrogens (tertiary/aromatic N) is 1. The number of anilines is 1. The zero-order chi connectivity index (χ0) is 13.0. The maximum atomic E-state index is 6.03. The van der Waals surface area contributed by atoms with Gasteiger partial charge >= 0.3 is 0 Å². The van der Waals surface area contributed by atoms with Gasteiger partial charge in [-0.3, -0.25) is 0 Å². The van der Waals surface area contributed by atoms with Gasteiger partial charge in [-0.2, -0.15) is 0 Å². The number of pyridine rings is 1. The van der Waals surface area contributed by atoms with Crippen molar-refractivity contribution in [3.63, 3.8) is 0 Å². The predicted molar refractivity (Wildman–Crippen MR) is 77.3 cm³/mol.